The number of aromatic nitrogens is 2. The summed E-state index contributed by atoms with van der Waals surface area (Å²) < 4.78 is 24.3. The van der Waals surface area contributed by atoms with Crippen LogP contribution in [0.25, 0.3) is 0 Å². The van der Waals surface area contributed by atoms with Crippen LogP contribution >= 0.6 is 0 Å². The molecule has 4 rings (SSSR count). The topological polar surface area (TPSA) is 70.7 Å². The number of nitrogens with zero attached hydrogens (tertiary/aromatic N) is 3. The van der Waals surface area contributed by atoms with Crippen LogP contribution in [-0.4, -0.2) is 70.7 Å². The monoisotopic (exact) mass is 388 g/mol. The molecule has 7 nitrogen and oxygen atoms in total. The van der Waals surface area contributed by atoms with E-state index in [1.54, 1.807) is 18.3 Å². The Labute approximate surface area is 163 Å². The highest BCUT2D eigenvalue weighted by Crippen LogP contribution is 2.21. The number of halogens is 1. The molecule has 28 heavy (non-hydrogen) atoms. The van der Waals surface area contributed by atoms with E-state index in [0.29, 0.717) is 18.9 Å². The summed E-state index contributed by atoms with van der Waals surface area (Å²) in [6.45, 7) is 3.64. The van der Waals surface area contributed by atoms with Gasteiger partial charge in [0.15, 0.2) is 0 Å². The van der Waals surface area contributed by atoms with E-state index in [1.165, 1.54) is 12.1 Å². The van der Waals surface area contributed by atoms with Crippen LogP contribution in [0, 0.1) is 5.82 Å². The second-order valence-electron chi connectivity index (χ2n) is 7.29. The molecule has 0 radical (unpaired) electrons. The first-order valence-electron chi connectivity index (χ1n) is 9.67. The molecule has 3 heterocycles. The van der Waals surface area contributed by atoms with E-state index in [4.69, 9.17) is 9.47 Å². The number of H-pyrrole nitrogens is 1. The van der Waals surface area contributed by atoms with E-state index in [2.05, 4.69) is 14.9 Å². The summed E-state index contributed by atoms with van der Waals surface area (Å²) >= 11 is 0. The summed E-state index contributed by atoms with van der Waals surface area (Å²) in [5.41, 5.74) is 0. The molecule has 150 valence electrons. The predicted molar refractivity (Wildman–Crippen MR) is 100 cm³/mol. The Bertz CT molecular complexity index is 760. The summed E-state index contributed by atoms with van der Waals surface area (Å²) in [5, 5.41) is 0. The van der Waals surface area contributed by atoms with Crippen molar-refractivity contribution in [3.8, 4) is 5.75 Å². The van der Waals surface area contributed by atoms with Crippen LogP contribution in [0.1, 0.15) is 18.7 Å². The van der Waals surface area contributed by atoms with E-state index in [9.17, 15) is 9.18 Å². The Balaban J connectivity index is 1.26. The van der Waals surface area contributed by atoms with Crippen LogP contribution in [0.5, 0.6) is 5.75 Å². The minimum atomic E-state index is -0.295. The number of carbonyl (C=O) groups excluding carboxylic acids is 1. The summed E-state index contributed by atoms with van der Waals surface area (Å²) in [7, 11) is 0. The van der Waals surface area contributed by atoms with Crippen LogP contribution in [0.4, 0.5) is 4.39 Å². The molecular weight excluding hydrogens is 363 g/mol. The van der Waals surface area contributed by atoms with E-state index in [1.807, 2.05) is 11.1 Å². The first-order chi connectivity index (χ1) is 13.7. The molecule has 0 aliphatic carbocycles. The molecule has 0 saturated carbocycles. The van der Waals surface area contributed by atoms with Gasteiger partial charge in [-0.2, -0.15) is 0 Å². The van der Waals surface area contributed by atoms with Gasteiger partial charge in [-0.3, -0.25) is 9.69 Å². The van der Waals surface area contributed by atoms with Gasteiger partial charge in [-0.05, 0) is 37.1 Å². The smallest absolute Gasteiger partial charge is 0.248 e. The number of amides is 1. The number of morpholine rings is 1. The maximum absolute atomic E-state index is 13.0. The number of carbonyl (C=O) groups is 1. The summed E-state index contributed by atoms with van der Waals surface area (Å²) in [4.78, 5) is 24.1. The molecule has 2 aliphatic rings. The number of nitrogens with one attached hydrogen (secondary N) is 1. The highest BCUT2D eigenvalue weighted by atomic mass is 19.1. The van der Waals surface area contributed by atoms with Crippen molar-refractivity contribution in [1.82, 2.24) is 19.8 Å². The molecule has 0 spiro atoms. The van der Waals surface area contributed by atoms with Crippen LogP contribution in [-0.2, 0) is 16.1 Å². The first kappa shape index (κ1) is 18.9. The SMILES string of the molecule is O=C1CO[C@H](COc2ccc(F)cc2)CN1C1CCN(Cc2ncc[nH]2)CC1. The van der Waals surface area contributed by atoms with Gasteiger partial charge in [-0.15, -0.1) is 0 Å². The molecule has 0 bridgehead atoms. The second kappa shape index (κ2) is 8.70. The Kier molecular flexibility index (Phi) is 5.87. The molecule has 1 aromatic heterocycles. The van der Waals surface area contributed by atoms with E-state index < -0.39 is 0 Å². The van der Waals surface area contributed by atoms with Gasteiger partial charge in [0.1, 0.15) is 36.7 Å². The van der Waals surface area contributed by atoms with Gasteiger partial charge < -0.3 is 19.4 Å². The number of aromatic amines is 1. The highest BCUT2D eigenvalue weighted by Gasteiger charge is 2.33. The average molecular weight is 388 g/mol. The Morgan fingerprint density at radius 1 is 1.25 bits per heavy atom. The maximum atomic E-state index is 13.0. The fraction of sp³-hybridized carbons (Fsp3) is 0.500. The predicted octanol–water partition coefficient (Wildman–Crippen LogP) is 1.82. The molecule has 1 N–H and O–H groups in total. The van der Waals surface area contributed by atoms with Crippen LogP contribution < -0.4 is 4.74 Å². The van der Waals surface area contributed by atoms with Crippen molar-refractivity contribution >= 4 is 5.91 Å². The molecule has 2 fully saturated rings. The number of piperidine rings is 1. The molecule has 2 aromatic rings. The first-order valence-corrected chi connectivity index (χ1v) is 9.67. The third-order valence-electron chi connectivity index (χ3n) is 5.34. The zero-order valence-corrected chi connectivity index (χ0v) is 15.7. The average Bonchev–Trinajstić information content (AvgIpc) is 3.22. The Morgan fingerprint density at radius 3 is 2.75 bits per heavy atom. The van der Waals surface area contributed by atoms with Gasteiger partial charge in [0.2, 0.25) is 5.91 Å². The largest absolute Gasteiger partial charge is 0.491 e. The molecule has 2 saturated heterocycles. The van der Waals surface area contributed by atoms with E-state index in [-0.39, 0.29) is 30.5 Å². The lowest BCUT2D eigenvalue weighted by molar-refractivity contribution is -0.155. The molecule has 1 aromatic carbocycles. The minimum Gasteiger partial charge on any atom is -0.491 e. The lowest BCUT2D eigenvalue weighted by atomic mass is 10.0. The lowest BCUT2D eigenvalue weighted by Crippen LogP contribution is -2.55. The number of rotatable bonds is 6. The fourth-order valence-corrected chi connectivity index (χ4v) is 3.80. The zero-order chi connectivity index (χ0) is 19.3. The van der Waals surface area contributed by atoms with Gasteiger partial charge in [0, 0.05) is 31.5 Å². The minimum absolute atomic E-state index is 0.0440. The number of hydrogen-bond acceptors (Lipinski definition) is 5. The van der Waals surface area contributed by atoms with Gasteiger partial charge in [-0.1, -0.05) is 0 Å². The van der Waals surface area contributed by atoms with Crippen LogP contribution in [0.3, 0.4) is 0 Å². The maximum Gasteiger partial charge on any atom is 0.248 e. The van der Waals surface area contributed by atoms with Crippen molar-refractivity contribution in [2.45, 2.75) is 31.5 Å². The molecule has 0 unspecified atom stereocenters. The van der Waals surface area contributed by atoms with Crippen molar-refractivity contribution < 1.29 is 18.7 Å². The van der Waals surface area contributed by atoms with Crippen LogP contribution in [0.15, 0.2) is 36.7 Å². The quantitative estimate of drug-likeness (QED) is 0.818. The van der Waals surface area contributed by atoms with Gasteiger partial charge in [0.05, 0.1) is 13.1 Å². The van der Waals surface area contributed by atoms with Crippen molar-refractivity contribution in [3.05, 3.63) is 48.3 Å². The molecule has 1 amide bonds. The van der Waals surface area contributed by atoms with Crippen LogP contribution in [0.2, 0.25) is 0 Å². The number of hydrogen-bond donors (Lipinski definition) is 1. The Morgan fingerprint density at radius 2 is 2.04 bits per heavy atom. The molecule has 2 aliphatic heterocycles. The van der Waals surface area contributed by atoms with Crippen molar-refractivity contribution in [3.63, 3.8) is 0 Å². The number of imidazole rings is 1. The van der Waals surface area contributed by atoms with Gasteiger partial charge >= 0.3 is 0 Å². The van der Waals surface area contributed by atoms with Gasteiger partial charge in [0.25, 0.3) is 0 Å². The second-order valence-corrected chi connectivity index (χ2v) is 7.29. The number of ether oxygens (including phenoxy) is 2. The fourth-order valence-electron chi connectivity index (χ4n) is 3.80. The number of benzene rings is 1. The van der Waals surface area contributed by atoms with Crippen molar-refractivity contribution in [1.29, 1.82) is 0 Å². The number of likely N-dealkylation sites (tertiary alicyclic amines) is 1. The lowest BCUT2D eigenvalue weighted by Gasteiger charge is -2.42. The summed E-state index contributed by atoms with van der Waals surface area (Å²) in [6.07, 6.45) is 5.31. The Hall–Kier alpha value is -2.45. The summed E-state index contributed by atoms with van der Waals surface area (Å²) in [5.74, 6) is 1.32. The third kappa shape index (κ3) is 4.69. The third-order valence-corrected chi connectivity index (χ3v) is 5.34. The molecule has 1 atom stereocenters. The van der Waals surface area contributed by atoms with E-state index >= 15 is 0 Å². The highest BCUT2D eigenvalue weighted by molar-refractivity contribution is 5.78. The summed E-state index contributed by atoms with van der Waals surface area (Å²) in [6, 6.07) is 6.15. The van der Waals surface area contributed by atoms with E-state index in [0.717, 1.165) is 38.3 Å². The van der Waals surface area contributed by atoms with Crippen molar-refractivity contribution in [2.24, 2.45) is 0 Å². The zero-order valence-electron chi connectivity index (χ0n) is 15.7. The molecule has 8 heteroatoms. The van der Waals surface area contributed by atoms with Crippen molar-refractivity contribution in [2.75, 3.05) is 32.8 Å². The standard InChI is InChI=1S/C20H25FN4O3/c21-15-1-3-17(4-2-15)27-13-18-11-25(20(26)14-28-18)16-5-9-24(10-6-16)12-19-22-7-8-23-19/h1-4,7-8,16,18H,5-6,9-14H2,(H,22,23)/t18-/m0/s1. The normalized spacial score (nSPS) is 21.8. The van der Waals surface area contributed by atoms with Gasteiger partial charge in [-0.25, -0.2) is 9.37 Å². The molecular formula is C20H25FN4O3.